The summed E-state index contributed by atoms with van der Waals surface area (Å²) in [5, 5.41) is 6.35. The zero-order valence-electron chi connectivity index (χ0n) is 14.3. The standard InChI is InChI=1S/C15H26N4O3S.HI/c1-4-9-17-15(16-2)18-12-13-5-7-14(8-6-13)23(20,21)19-10-11-22-3;/h5-8,19H,4,9-12H2,1-3H3,(H2,16,17,18);1H. The third-order valence-corrected chi connectivity index (χ3v) is 4.53. The number of rotatable bonds is 9. The molecule has 138 valence electrons. The molecule has 0 saturated carbocycles. The van der Waals surface area contributed by atoms with Gasteiger partial charge in [0.2, 0.25) is 10.0 Å². The highest BCUT2D eigenvalue weighted by molar-refractivity contribution is 14.0. The monoisotopic (exact) mass is 470 g/mol. The lowest BCUT2D eigenvalue weighted by atomic mass is 10.2. The van der Waals surface area contributed by atoms with Crippen LogP contribution in [0.25, 0.3) is 0 Å². The van der Waals surface area contributed by atoms with Gasteiger partial charge in [0.05, 0.1) is 11.5 Å². The number of benzene rings is 1. The molecule has 0 aliphatic carbocycles. The van der Waals surface area contributed by atoms with Crippen molar-refractivity contribution < 1.29 is 13.2 Å². The SMILES string of the molecule is CCCNC(=NC)NCc1ccc(S(=O)(=O)NCCOC)cc1.I. The predicted molar refractivity (Wildman–Crippen MR) is 107 cm³/mol. The van der Waals surface area contributed by atoms with Crippen LogP contribution in [0.2, 0.25) is 0 Å². The van der Waals surface area contributed by atoms with Crippen LogP contribution in [0.5, 0.6) is 0 Å². The summed E-state index contributed by atoms with van der Waals surface area (Å²) in [7, 11) is -0.242. The zero-order chi connectivity index (χ0) is 17.1. The van der Waals surface area contributed by atoms with Crippen LogP contribution in [0.1, 0.15) is 18.9 Å². The fraction of sp³-hybridized carbons (Fsp3) is 0.533. The molecule has 3 N–H and O–H groups in total. The molecule has 0 heterocycles. The average Bonchev–Trinajstić information content (AvgIpc) is 2.55. The predicted octanol–water partition coefficient (Wildman–Crippen LogP) is 1.30. The average molecular weight is 470 g/mol. The van der Waals surface area contributed by atoms with Gasteiger partial charge >= 0.3 is 0 Å². The maximum Gasteiger partial charge on any atom is 0.240 e. The summed E-state index contributed by atoms with van der Waals surface area (Å²) < 4.78 is 31.4. The van der Waals surface area contributed by atoms with Crippen LogP contribution in [0.4, 0.5) is 0 Å². The number of ether oxygens (including phenoxy) is 1. The molecule has 0 saturated heterocycles. The van der Waals surface area contributed by atoms with E-state index in [4.69, 9.17) is 4.74 Å². The summed E-state index contributed by atoms with van der Waals surface area (Å²) in [5.74, 6) is 0.727. The Hall–Kier alpha value is -0.910. The number of nitrogens with one attached hydrogen (secondary N) is 3. The smallest absolute Gasteiger partial charge is 0.240 e. The first kappa shape index (κ1) is 23.1. The second kappa shape index (κ2) is 12.5. The molecule has 0 radical (unpaired) electrons. The third kappa shape index (κ3) is 8.27. The van der Waals surface area contributed by atoms with Crippen LogP contribution in [0.3, 0.4) is 0 Å². The van der Waals surface area contributed by atoms with Crippen molar-refractivity contribution in [2.24, 2.45) is 4.99 Å². The molecule has 0 bridgehead atoms. The number of nitrogens with zero attached hydrogens (tertiary/aromatic N) is 1. The molecule has 0 spiro atoms. The largest absolute Gasteiger partial charge is 0.383 e. The molecule has 0 amide bonds. The maximum atomic E-state index is 12.0. The van der Waals surface area contributed by atoms with Gasteiger partial charge in [-0.1, -0.05) is 19.1 Å². The highest BCUT2D eigenvalue weighted by Crippen LogP contribution is 2.10. The summed E-state index contributed by atoms with van der Waals surface area (Å²) in [5.41, 5.74) is 0.972. The van der Waals surface area contributed by atoms with Crippen molar-refractivity contribution in [2.75, 3.05) is 33.9 Å². The molecular formula is C15H27IN4O3S. The zero-order valence-corrected chi connectivity index (χ0v) is 17.5. The topological polar surface area (TPSA) is 91.8 Å². The van der Waals surface area contributed by atoms with E-state index in [0.717, 1.165) is 24.5 Å². The first-order valence-corrected chi connectivity index (χ1v) is 9.04. The van der Waals surface area contributed by atoms with Crippen LogP contribution in [0, 0.1) is 0 Å². The molecule has 1 rings (SSSR count). The van der Waals surface area contributed by atoms with Crippen LogP contribution in [0.15, 0.2) is 34.2 Å². The van der Waals surface area contributed by atoms with Gasteiger partial charge in [0, 0.05) is 33.8 Å². The highest BCUT2D eigenvalue weighted by Gasteiger charge is 2.12. The lowest BCUT2D eigenvalue weighted by Crippen LogP contribution is -2.37. The van der Waals surface area contributed by atoms with Crippen LogP contribution in [-0.4, -0.2) is 48.2 Å². The summed E-state index contributed by atoms with van der Waals surface area (Å²) in [6.07, 6.45) is 1.02. The minimum atomic E-state index is -3.48. The van der Waals surface area contributed by atoms with E-state index in [0.29, 0.717) is 13.2 Å². The van der Waals surface area contributed by atoms with E-state index in [1.807, 2.05) is 0 Å². The fourth-order valence-electron chi connectivity index (χ4n) is 1.80. The van der Waals surface area contributed by atoms with E-state index in [1.165, 1.54) is 7.11 Å². The fourth-order valence-corrected chi connectivity index (χ4v) is 2.81. The molecule has 0 unspecified atom stereocenters. The lowest BCUT2D eigenvalue weighted by molar-refractivity contribution is 0.204. The summed E-state index contributed by atoms with van der Waals surface area (Å²) >= 11 is 0. The first-order chi connectivity index (χ1) is 11.0. The van der Waals surface area contributed by atoms with Gasteiger partial charge in [-0.2, -0.15) is 0 Å². The molecule has 0 aliphatic rings. The first-order valence-electron chi connectivity index (χ1n) is 7.55. The van der Waals surface area contributed by atoms with Crippen molar-refractivity contribution in [1.82, 2.24) is 15.4 Å². The summed E-state index contributed by atoms with van der Waals surface area (Å²) in [6.45, 7) is 4.09. The molecule has 0 atom stereocenters. The van der Waals surface area contributed by atoms with E-state index >= 15 is 0 Å². The molecular weight excluding hydrogens is 443 g/mol. The lowest BCUT2D eigenvalue weighted by Gasteiger charge is -2.11. The number of aliphatic imine (C=N–C) groups is 1. The van der Waals surface area contributed by atoms with Crippen molar-refractivity contribution in [3.05, 3.63) is 29.8 Å². The van der Waals surface area contributed by atoms with E-state index in [2.05, 4.69) is 27.3 Å². The Balaban J connectivity index is 0.00000529. The van der Waals surface area contributed by atoms with Gasteiger partial charge in [0.15, 0.2) is 5.96 Å². The highest BCUT2D eigenvalue weighted by atomic mass is 127. The Bertz CT molecular complexity index is 591. The van der Waals surface area contributed by atoms with Crippen LogP contribution >= 0.6 is 24.0 Å². The van der Waals surface area contributed by atoms with E-state index in [-0.39, 0.29) is 35.4 Å². The van der Waals surface area contributed by atoms with E-state index in [9.17, 15) is 8.42 Å². The quantitative estimate of drug-likeness (QED) is 0.219. The van der Waals surface area contributed by atoms with Gasteiger partial charge in [-0.25, -0.2) is 13.1 Å². The number of hydrogen-bond donors (Lipinski definition) is 3. The molecule has 9 heteroatoms. The maximum absolute atomic E-state index is 12.0. The Labute approximate surface area is 161 Å². The Morgan fingerprint density at radius 1 is 1.17 bits per heavy atom. The van der Waals surface area contributed by atoms with E-state index in [1.54, 1.807) is 31.3 Å². The number of hydrogen-bond acceptors (Lipinski definition) is 4. The molecule has 1 aromatic rings. The molecule has 24 heavy (non-hydrogen) atoms. The Morgan fingerprint density at radius 3 is 2.38 bits per heavy atom. The Morgan fingerprint density at radius 2 is 1.83 bits per heavy atom. The number of guanidine groups is 1. The summed E-state index contributed by atoms with van der Waals surface area (Å²) in [4.78, 5) is 4.36. The number of methoxy groups -OCH3 is 1. The van der Waals surface area contributed by atoms with Crippen molar-refractivity contribution in [1.29, 1.82) is 0 Å². The van der Waals surface area contributed by atoms with E-state index < -0.39 is 10.0 Å². The number of sulfonamides is 1. The van der Waals surface area contributed by atoms with Crippen molar-refractivity contribution in [3.8, 4) is 0 Å². The van der Waals surface area contributed by atoms with Crippen molar-refractivity contribution >= 4 is 40.0 Å². The van der Waals surface area contributed by atoms with Crippen molar-refractivity contribution in [2.45, 2.75) is 24.8 Å². The van der Waals surface area contributed by atoms with Crippen molar-refractivity contribution in [3.63, 3.8) is 0 Å². The van der Waals surface area contributed by atoms with Gasteiger partial charge in [-0.15, -0.1) is 24.0 Å². The van der Waals surface area contributed by atoms with Crippen LogP contribution in [-0.2, 0) is 21.3 Å². The third-order valence-electron chi connectivity index (χ3n) is 3.06. The second-order valence-corrected chi connectivity index (χ2v) is 6.65. The normalized spacial score (nSPS) is 11.7. The van der Waals surface area contributed by atoms with Gasteiger partial charge in [-0.3, -0.25) is 4.99 Å². The molecule has 0 aliphatic heterocycles. The minimum Gasteiger partial charge on any atom is -0.383 e. The van der Waals surface area contributed by atoms with Gasteiger partial charge < -0.3 is 15.4 Å². The van der Waals surface area contributed by atoms with Gasteiger partial charge in [-0.05, 0) is 24.1 Å². The summed E-state index contributed by atoms with van der Waals surface area (Å²) in [6, 6.07) is 6.75. The van der Waals surface area contributed by atoms with Gasteiger partial charge in [0.25, 0.3) is 0 Å². The number of halogens is 1. The van der Waals surface area contributed by atoms with Crippen LogP contribution < -0.4 is 15.4 Å². The molecule has 7 nitrogen and oxygen atoms in total. The molecule has 0 aromatic heterocycles. The molecule has 0 fully saturated rings. The Kier molecular flexibility index (Phi) is 12.0. The second-order valence-electron chi connectivity index (χ2n) is 4.89. The van der Waals surface area contributed by atoms with Gasteiger partial charge in [0.1, 0.15) is 0 Å². The molecule has 1 aromatic carbocycles. The minimum absolute atomic E-state index is 0.